The first kappa shape index (κ1) is 16.3. The van der Waals surface area contributed by atoms with E-state index in [1.54, 1.807) is 12.1 Å². The van der Waals surface area contributed by atoms with E-state index >= 15 is 0 Å². The summed E-state index contributed by atoms with van der Waals surface area (Å²) in [6, 6.07) is 7.59. The highest BCUT2D eigenvalue weighted by atomic mass is 16.3. The maximum absolute atomic E-state index is 9.33. The van der Waals surface area contributed by atoms with Crippen molar-refractivity contribution in [1.29, 1.82) is 0 Å². The average molecular weight is 291 g/mol. The Balaban J connectivity index is 1.71. The van der Waals surface area contributed by atoms with Crippen LogP contribution in [0.25, 0.3) is 0 Å². The zero-order chi connectivity index (χ0) is 14.9. The van der Waals surface area contributed by atoms with Gasteiger partial charge in [0.1, 0.15) is 5.75 Å². The molecular formula is C17H29N3O. The summed E-state index contributed by atoms with van der Waals surface area (Å²) in [7, 11) is 0. The van der Waals surface area contributed by atoms with Gasteiger partial charge in [0.05, 0.1) is 0 Å². The molecule has 1 aliphatic heterocycles. The molecule has 1 aromatic carbocycles. The summed E-state index contributed by atoms with van der Waals surface area (Å²) >= 11 is 0. The molecular weight excluding hydrogens is 262 g/mol. The normalized spacial score (nSPS) is 17.8. The zero-order valence-electron chi connectivity index (χ0n) is 13.0. The van der Waals surface area contributed by atoms with E-state index in [-0.39, 0.29) is 0 Å². The van der Waals surface area contributed by atoms with Gasteiger partial charge in [0.2, 0.25) is 0 Å². The van der Waals surface area contributed by atoms with Crippen molar-refractivity contribution in [3.63, 3.8) is 0 Å². The number of aromatic hydroxyl groups is 1. The molecule has 4 nitrogen and oxygen atoms in total. The lowest BCUT2D eigenvalue weighted by molar-refractivity contribution is 0.248. The first-order valence-corrected chi connectivity index (χ1v) is 8.20. The molecule has 1 fully saturated rings. The van der Waals surface area contributed by atoms with Crippen LogP contribution in [-0.4, -0.2) is 54.2 Å². The second-order valence-electron chi connectivity index (χ2n) is 5.99. The SMILES string of the molecule is NCCCCCN1CCCN(Cc2ccc(O)cc2)CC1. The molecule has 21 heavy (non-hydrogen) atoms. The summed E-state index contributed by atoms with van der Waals surface area (Å²) in [5.74, 6) is 0.346. The highest BCUT2D eigenvalue weighted by molar-refractivity contribution is 5.25. The smallest absolute Gasteiger partial charge is 0.115 e. The van der Waals surface area contributed by atoms with Crippen LogP contribution in [0.4, 0.5) is 0 Å². The minimum absolute atomic E-state index is 0.346. The molecule has 1 heterocycles. The minimum atomic E-state index is 0.346. The number of nitrogens with zero attached hydrogens (tertiary/aromatic N) is 2. The molecule has 3 N–H and O–H groups in total. The fourth-order valence-electron chi connectivity index (χ4n) is 2.92. The molecule has 1 aromatic rings. The second-order valence-corrected chi connectivity index (χ2v) is 5.99. The number of hydrogen-bond donors (Lipinski definition) is 2. The van der Waals surface area contributed by atoms with Crippen molar-refractivity contribution < 1.29 is 5.11 Å². The van der Waals surface area contributed by atoms with Crippen molar-refractivity contribution in [3.05, 3.63) is 29.8 Å². The maximum atomic E-state index is 9.33. The fourth-order valence-corrected chi connectivity index (χ4v) is 2.92. The van der Waals surface area contributed by atoms with Crippen molar-refractivity contribution in [1.82, 2.24) is 9.80 Å². The van der Waals surface area contributed by atoms with Crippen molar-refractivity contribution in [3.8, 4) is 5.75 Å². The van der Waals surface area contributed by atoms with E-state index < -0.39 is 0 Å². The predicted octanol–water partition coefficient (Wildman–Crippen LogP) is 2.03. The molecule has 0 bridgehead atoms. The van der Waals surface area contributed by atoms with Crippen LogP contribution in [0.3, 0.4) is 0 Å². The van der Waals surface area contributed by atoms with Gasteiger partial charge in [-0.05, 0) is 63.1 Å². The Morgan fingerprint density at radius 1 is 0.905 bits per heavy atom. The van der Waals surface area contributed by atoms with Gasteiger partial charge in [-0.15, -0.1) is 0 Å². The Morgan fingerprint density at radius 3 is 2.38 bits per heavy atom. The largest absolute Gasteiger partial charge is 0.508 e. The van der Waals surface area contributed by atoms with Crippen LogP contribution in [0, 0.1) is 0 Å². The topological polar surface area (TPSA) is 52.7 Å². The molecule has 118 valence electrons. The third kappa shape index (κ3) is 6.04. The van der Waals surface area contributed by atoms with Crippen LogP contribution < -0.4 is 5.73 Å². The summed E-state index contributed by atoms with van der Waals surface area (Å²) in [4.78, 5) is 5.11. The molecule has 1 aliphatic rings. The van der Waals surface area contributed by atoms with E-state index in [9.17, 15) is 5.11 Å². The number of benzene rings is 1. The van der Waals surface area contributed by atoms with E-state index in [0.29, 0.717) is 5.75 Å². The lowest BCUT2D eigenvalue weighted by atomic mass is 10.2. The molecule has 0 saturated carbocycles. The highest BCUT2D eigenvalue weighted by Gasteiger charge is 2.14. The molecule has 0 spiro atoms. The first-order chi connectivity index (χ1) is 10.3. The number of phenols is 1. The quantitative estimate of drug-likeness (QED) is 0.755. The molecule has 0 unspecified atom stereocenters. The number of unbranched alkanes of at least 4 members (excludes halogenated alkanes) is 2. The first-order valence-electron chi connectivity index (χ1n) is 8.20. The number of phenolic OH excluding ortho intramolecular Hbond substituents is 1. The lowest BCUT2D eigenvalue weighted by Gasteiger charge is -2.21. The van der Waals surface area contributed by atoms with Crippen molar-refractivity contribution in [2.24, 2.45) is 5.73 Å². The molecule has 4 heteroatoms. The fraction of sp³-hybridized carbons (Fsp3) is 0.647. The van der Waals surface area contributed by atoms with Gasteiger partial charge in [0.15, 0.2) is 0 Å². The van der Waals surface area contributed by atoms with E-state index in [1.807, 2.05) is 12.1 Å². The summed E-state index contributed by atoms with van der Waals surface area (Å²) in [5, 5.41) is 9.33. The van der Waals surface area contributed by atoms with E-state index in [4.69, 9.17) is 5.73 Å². The van der Waals surface area contributed by atoms with Gasteiger partial charge >= 0.3 is 0 Å². The average Bonchev–Trinajstić information content (AvgIpc) is 2.72. The molecule has 1 saturated heterocycles. The van der Waals surface area contributed by atoms with Crippen molar-refractivity contribution in [2.45, 2.75) is 32.2 Å². The monoisotopic (exact) mass is 291 g/mol. The third-order valence-electron chi connectivity index (χ3n) is 4.20. The summed E-state index contributed by atoms with van der Waals surface area (Å²) < 4.78 is 0. The Kier molecular flexibility index (Phi) is 7.00. The summed E-state index contributed by atoms with van der Waals surface area (Å²) in [5.41, 5.74) is 6.82. The molecule has 0 atom stereocenters. The van der Waals surface area contributed by atoms with Crippen LogP contribution in [0.15, 0.2) is 24.3 Å². The van der Waals surface area contributed by atoms with Crippen LogP contribution >= 0.6 is 0 Å². The van der Waals surface area contributed by atoms with Gasteiger partial charge in [-0.2, -0.15) is 0 Å². The zero-order valence-corrected chi connectivity index (χ0v) is 13.0. The third-order valence-corrected chi connectivity index (χ3v) is 4.20. The Labute approximate surface area is 128 Å². The second kappa shape index (κ2) is 9.03. The van der Waals surface area contributed by atoms with Gasteiger partial charge in [0.25, 0.3) is 0 Å². The van der Waals surface area contributed by atoms with Crippen LogP contribution in [-0.2, 0) is 6.54 Å². The molecule has 2 rings (SSSR count). The highest BCUT2D eigenvalue weighted by Crippen LogP contribution is 2.13. The predicted molar refractivity (Wildman–Crippen MR) is 87.3 cm³/mol. The number of rotatable bonds is 7. The Hall–Kier alpha value is -1.10. The summed E-state index contributed by atoms with van der Waals surface area (Å²) in [6.07, 6.45) is 4.93. The van der Waals surface area contributed by atoms with Crippen molar-refractivity contribution >= 4 is 0 Å². The van der Waals surface area contributed by atoms with E-state index in [1.165, 1.54) is 51.0 Å². The van der Waals surface area contributed by atoms with E-state index in [0.717, 1.165) is 26.1 Å². The van der Waals surface area contributed by atoms with Crippen LogP contribution in [0.1, 0.15) is 31.2 Å². The molecule has 0 amide bonds. The van der Waals surface area contributed by atoms with Gasteiger partial charge in [-0.3, -0.25) is 4.90 Å². The Bertz CT molecular complexity index is 394. The van der Waals surface area contributed by atoms with Gasteiger partial charge in [0, 0.05) is 19.6 Å². The standard InChI is InChI=1S/C17H29N3O/c18-9-2-1-3-10-19-11-4-12-20(14-13-19)15-16-5-7-17(21)8-6-16/h5-8,21H,1-4,9-15,18H2. The lowest BCUT2D eigenvalue weighted by Crippen LogP contribution is -2.31. The van der Waals surface area contributed by atoms with Crippen molar-refractivity contribution in [2.75, 3.05) is 39.3 Å². The maximum Gasteiger partial charge on any atom is 0.115 e. The number of nitrogens with two attached hydrogens (primary N) is 1. The van der Waals surface area contributed by atoms with E-state index in [2.05, 4.69) is 9.80 Å². The summed E-state index contributed by atoms with van der Waals surface area (Å²) in [6.45, 7) is 7.71. The minimum Gasteiger partial charge on any atom is -0.508 e. The number of hydrogen-bond acceptors (Lipinski definition) is 4. The Morgan fingerprint density at radius 2 is 1.62 bits per heavy atom. The van der Waals surface area contributed by atoms with Gasteiger partial charge in [-0.25, -0.2) is 0 Å². The van der Waals surface area contributed by atoms with Crippen LogP contribution in [0.5, 0.6) is 5.75 Å². The molecule has 0 aliphatic carbocycles. The van der Waals surface area contributed by atoms with Gasteiger partial charge in [-0.1, -0.05) is 18.6 Å². The van der Waals surface area contributed by atoms with Crippen LogP contribution in [0.2, 0.25) is 0 Å². The van der Waals surface area contributed by atoms with Gasteiger partial charge < -0.3 is 15.7 Å². The molecule has 0 radical (unpaired) electrons. The molecule has 0 aromatic heterocycles.